The molecule has 0 aromatic heterocycles. The Morgan fingerprint density at radius 2 is 1.72 bits per heavy atom. The summed E-state index contributed by atoms with van der Waals surface area (Å²) in [4.78, 5) is 26.9. The second-order valence-corrected chi connectivity index (χ2v) is 6.28. The standard InChI is InChI=1S/C20H23N3O2/c21-17(15-8-3-1-4-9-15)14-22-19(24)18-12-7-13-23(18)20(25)16-10-5-2-6-11-16/h1-6,8-11,17-18H,7,12-14,21H2,(H,22,24). The van der Waals surface area contributed by atoms with Gasteiger partial charge in [-0.25, -0.2) is 0 Å². The Morgan fingerprint density at radius 1 is 1.08 bits per heavy atom. The third-order valence-electron chi connectivity index (χ3n) is 4.56. The molecule has 3 rings (SSSR count). The van der Waals surface area contributed by atoms with E-state index in [0.717, 1.165) is 12.0 Å². The van der Waals surface area contributed by atoms with Gasteiger partial charge in [0.05, 0.1) is 0 Å². The van der Waals surface area contributed by atoms with Gasteiger partial charge in [-0.05, 0) is 30.5 Å². The van der Waals surface area contributed by atoms with Crippen molar-refractivity contribution in [2.75, 3.05) is 13.1 Å². The van der Waals surface area contributed by atoms with E-state index in [2.05, 4.69) is 5.32 Å². The Balaban J connectivity index is 1.60. The fourth-order valence-electron chi connectivity index (χ4n) is 3.18. The molecule has 3 N–H and O–H groups in total. The van der Waals surface area contributed by atoms with Gasteiger partial charge in [-0.1, -0.05) is 48.5 Å². The number of nitrogens with two attached hydrogens (primary N) is 1. The molecule has 2 amide bonds. The van der Waals surface area contributed by atoms with Crippen molar-refractivity contribution in [3.63, 3.8) is 0 Å². The van der Waals surface area contributed by atoms with Gasteiger partial charge in [0.15, 0.2) is 0 Å². The summed E-state index contributed by atoms with van der Waals surface area (Å²) in [5.41, 5.74) is 7.72. The molecule has 0 radical (unpaired) electrons. The fourth-order valence-corrected chi connectivity index (χ4v) is 3.18. The maximum absolute atomic E-state index is 12.6. The van der Waals surface area contributed by atoms with Crippen LogP contribution in [0, 0.1) is 0 Å². The molecule has 1 saturated heterocycles. The van der Waals surface area contributed by atoms with Crippen LogP contribution in [0.25, 0.3) is 0 Å². The van der Waals surface area contributed by atoms with E-state index in [1.807, 2.05) is 48.5 Å². The minimum absolute atomic E-state index is 0.0920. The molecule has 1 fully saturated rings. The molecule has 2 unspecified atom stereocenters. The number of carbonyl (C=O) groups is 2. The van der Waals surface area contributed by atoms with Crippen LogP contribution in [0.5, 0.6) is 0 Å². The summed E-state index contributed by atoms with van der Waals surface area (Å²) in [5, 5.41) is 2.90. The highest BCUT2D eigenvalue weighted by molar-refractivity contribution is 5.97. The third kappa shape index (κ3) is 4.06. The SMILES string of the molecule is NC(CNC(=O)C1CCCN1C(=O)c1ccccc1)c1ccccc1. The molecule has 1 aliphatic rings. The van der Waals surface area contributed by atoms with Gasteiger partial charge >= 0.3 is 0 Å². The molecule has 2 aromatic carbocycles. The third-order valence-corrected chi connectivity index (χ3v) is 4.56. The van der Waals surface area contributed by atoms with Gasteiger partial charge in [0.25, 0.3) is 5.91 Å². The van der Waals surface area contributed by atoms with E-state index in [0.29, 0.717) is 25.1 Å². The second kappa shape index (κ2) is 7.94. The Kier molecular flexibility index (Phi) is 5.46. The monoisotopic (exact) mass is 337 g/mol. The fraction of sp³-hybridized carbons (Fsp3) is 0.300. The quantitative estimate of drug-likeness (QED) is 0.877. The van der Waals surface area contributed by atoms with Gasteiger partial charge in [0.1, 0.15) is 6.04 Å². The largest absolute Gasteiger partial charge is 0.352 e. The van der Waals surface area contributed by atoms with Gasteiger partial charge < -0.3 is 16.0 Å². The van der Waals surface area contributed by atoms with Gasteiger partial charge in [-0.15, -0.1) is 0 Å². The summed E-state index contributed by atoms with van der Waals surface area (Å²) in [5.74, 6) is -0.223. The van der Waals surface area contributed by atoms with Gasteiger partial charge in [0, 0.05) is 24.7 Å². The summed E-state index contributed by atoms with van der Waals surface area (Å²) in [7, 11) is 0. The van der Waals surface area contributed by atoms with Crippen LogP contribution in [-0.4, -0.2) is 35.8 Å². The molecule has 0 spiro atoms. The summed E-state index contributed by atoms with van der Waals surface area (Å²) >= 11 is 0. The van der Waals surface area contributed by atoms with Crippen LogP contribution < -0.4 is 11.1 Å². The number of benzene rings is 2. The van der Waals surface area contributed by atoms with Crippen LogP contribution in [0.2, 0.25) is 0 Å². The highest BCUT2D eigenvalue weighted by Crippen LogP contribution is 2.20. The molecular weight excluding hydrogens is 314 g/mol. The van der Waals surface area contributed by atoms with E-state index in [1.165, 1.54) is 0 Å². The zero-order valence-electron chi connectivity index (χ0n) is 14.1. The highest BCUT2D eigenvalue weighted by atomic mass is 16.2. The van der Waals surface area contributed by atoms with Crippen LogP contribution in [-0.2, 0) is 4.79 Å². The molecule has 2 aromatic rings. The zero-order chi connectivity index (χ0) is 17.6. The lowest BCUT2D eigenvalue weighted by Crippen LogP contribution is -2.47. The molecule has 0 aliphatic carbocycles. The van der Waals surface area contributed by atoms with Crippen molar-refractivity contribution in [1.29, 1.82) is 0 Å². The first-order valence-electron chi connectivity index (χ1n) is 8.61. The first-order chi connectivity index (χ1) is 12.2. The first kappa shape index (κ1) is 17.2. The minimum atomic E-state index is -0.421. The number of likely N-dealkylation sites (tertiary alicyclic amines) is 1. The first-order valence-corrected chi connectivity index (χ1v) is 8.61. The van der Waals surface area contributed by atoms with Crippen molar-refractivity contribution in [3.8, 4) is 0 Å². The van der Waals surface area contributed by atoms with Crippen molar-refractivity contribution in [3.05, 3.63) is 71.8 Å². The van der Waals surface area contributed by atoms with Crippen molar-refractivity contribution in [2.45, 2.75) is 24.9 Å². The van der Waals surface area contributed by atoms with E-state index < -0.39 is 6.04 Å². The van der Waals surface area contributed by atoms with Crippen LogP contribution in [0.4, 0.5) is 0 Å². The van der Waals surface area contributed by atoms with Crippen LogP contribution in [0.15, 0.2) is 60.7 Å². The van der Waals surface area contributed by atoms with E-state index in [1.54, 1.807) is 17.0 Å². The summed E-state index contributed by atoms with van der Waals surface area (Å²) < 4.78 is 0. The predicted octanol–water partition coefficient (Wildman–Crippen LogP) is 2.11. The highest BCUT2D eigenvalue weighted by Gasteiger charge is 2.34. The molecular formula is C20H23N3O2. The predicted molar refractivity (Wildman–Crippen MR) is 96.9 cm³/mol. The van der Waals surface area contributed by atoms with Gasteiger partial charge in [-0.2, -0.15) is 0 Å². The van der Waals surface area contributed by atoms with Crippen LogP contribution in [0.3, 0.4) is 0 Å². The summed E-state index contributed by atoms with van der Waals surface area (Å²) in [6, 6.07) is 18.1. The normalized spacial score (nSPS) is 18.0. The lowest BCUT2D eigenvalue weighted by Gasteiger charge is -2.24. The average Bonchev–Trinajstić information content (AvgIpc) is 3.16. The molecule has 25 heavy (non-hydrogen) atoms. The Labute approximate surface area is 147 Å². The molecule has 5 heteroatoms. The number of nitrogens with one attached hydrogen (secondary N) is 1. The van der Waals surface area contributed by atoms with Crippen molar-refractivity contribution in [1.82, 2.24) is 10.2 Å². The maximum Gasteiger partial charge on any atom is 0.254 e. The maximum atomic E-state index is 12.6. The molecule has 2 atom stereocenters. The molecule has 0 bridgehead atoms. The van der Waals surface area contributed by atoms with Crippen molar-refractivity contribution in [2.24, 2.45) is 5.73 Å². The second-order valence-electron chi connectivity index (χ2n) is 6.28. The van der Waals surface area contributed by atoms with E-state index in [4.69, 9.17) is 5.73 Å². The number of hydrogen-bond acceptors (Lipinski definition) is 3. The van der Waals surface area contributed by atoms with Gasteiger partial charge in [-0.3, -0.25) is 9.59 Å². The van der Waals surface area contributed by atoms with E-state index >= 15 is 0 Å². The lowest BCUT2D eigenvalue weighted by atomic mass is 10.1. The van der Waals surface area contributed by atoms with E-state index in [9.17, 15) is 9.59 Å². The number of carbonyl (C=O) groups excluding carboxylic acids is 2. The van der Waals surface area contributed by atoms with Crippen LogP contribution in [0.1, 0.15) is 34.8 Å². The average molecular weight is 337 g/mol. The van der Waals surface area contributed by atoms with Crippen LogP contribution >= 0.6 is 0 Å². The number of rotatable bonds is 5. The van der Waals surface area contributed by atoms with Gasteiger partial charge in [0.2, 0.25) is 5.91 Å². The smallest absolute Gasteiger partial charge is 0.254 e. The summed E-state index contributed by atoms with van der Waals surface area (Å²) in [6.45, 7) is 0.962. The lowest BCUT2D eigenvalue weighted by molar-refractivity contribution is -0.124. The summed E-state index contributed by atoms with van der Waals surface area (Å²) in [6.07, 6.45) is 1.52. The molecule has 130 valence electrons. The van der Waals surface area contributed by atoms with E-state index in [-0.39, 0.29) is 17.9 Å². The zero-order valence-corrected chi connectivity index (χ0v) is 14.1. The molecule has 0 saturated carbocycles. The Hall–Kier alpha value is -2.66. The minimum Gasteiger partial charge on any atom is -0.352 e. The number of hydrogen-bond donors (Lipinski definition) is 2. The number of nitrogens with zero attached hydrogens (tertiary/aromatic N) is 1. The Morgan fingerprint density at radius 3 is 2.40 bits per heavy atom. The molecule has 1 aliphatic heterocycles. The molecule has 1 heterocycles. The topological polar surface area (TPSA) is 75.4 Å². The number of amides is 2. The molecule has 5 nitrogen and oxygen atoms in total. The van der Waals surface area contributed by atoms with Crippen molar-refractivity contribution >= 4 is 11.8 Å². The Bertz CT molecular complexity index is 718. The van der Waals surface area contributed by atoms with Crippen molar-refractivity contribution < 1.29 is 9.59 Å².